The van der Waals surface area contributed by atoms with Crippen molar-refractivity contribution in [3.63, 3.8) is 0 Å². The van der Waals surface area contributed by atoms with Crippen LogP contribution in [0.25, 0.3) is 0 Å². The number of carbonyl (C=O) groups is 1. The van der Waals surface area contributed by atoms with E-state index < -0.39 is 5.97 Å². The Morgan fingerprint density at radius 3 is 2.58 bits per heavy atom. The monoisotopic (exact) mass is 367 g/mol. The minimum Gasteiger partial charge on any atom is -0.480 e. The van der Waals surface area contributed by atoms with E-state index in [0.717, 1.165) is 6.54 Å². The lowest BCUT2D eigenvalue weighted by Gasteiger charge is -2.16. The third-order valence-electron chi connectivity index (χ3n) is 3.27. The van der Waals surface area contributed by atoms with Crippen LogP contribution >= 0.6 is 23.2 Å². The highest BCUT2D eigenvalue weighted by molar-refractivity contribution is 6.35. The van der Waals surface area contributed by atoms with Crippen molar-refractivity contribution in [3.8, 4) is 5.75 Å². The molecule has 24 heavy (non-hydrogen) atoms. The van der Waals surface area contributed by atoms with Gasteiger partial charge in [0.2, 0.25) is 0 Å². The summed E-state index contributed by atoms with van der Waals surface area (Å²) in [5, 5.41) is 0.870. The van der Waals surface area contributed by atoms with Gasteiger partial charge in [-0.05, 0) is 30.8 Å². The molecule has 0 heterocycles. The summed E-state index contributed by atoms with van der Waals surface area (Å²) in [7, 11) is 1.98. The van der Waals surface area contributed by atoms with Gasteiger partial charge in [0.05, 0.1) is 5.02 Å². The molecular formula is C18H19Cl2NO3. The fourth-order valence-electron chi connectivity index (χ4n) is 2.06. The lowest BCUT2D eigenvalue weighted by molar-refractivity contribution is -0.146. The van der Waals surface area contributed by atoms with Gasteiger partial charge in [-0.2, -0.15) is 0 Å². The smallest absolute Gasteiger partial charge is 0.344 e. The van der Waals surface area contributed by atoms with Crippen LogP contribution in [0, 0.1) is 0 Å². The van der Waals surface area contributed by atoms with Crippen LogP contribution in [0.2, 0.25) is 10.0 Å². The summed E-state index contributed by atoms with van der Waals surface area (Å²) < 4.78 is 10.5. The second-order valence-electron chi connectivity index (χ2n) is 5.31. The molecule has 2 aromatic rings. The van der Waals surface area contributed by atoms with E-state index in [9.17, 15) is 4.79 Å². The molecular weight excluding hydrogens is 349 g/mol. The number of halogens is 2. The van der Waals surface area contributed by atoms with Crippen molar-refractivity contribution in [2.24, 2.45) is 0 Å². The standard InChI is InChI=1S/C18H19Cl2NO3/c1-21(12-14-5-3-2-4-6-14)9-10-23-18(22)13-24-17-8-7-15(19)11-16(17)20/h2-8,11H,9-10,12-13H2,1H3. The van der Waals surface area contributed by atoms with E-state index in [2.05, 4.69) is 17.0 Å². The lowest BCUT2D eigenvalue weighted by Crippen LogP contribution is -2.25. The molecule has 0 bridgehead atoms. The number of rotatable bonds is 8. The number of esters is 1. The molecule has 6 heteroatoms. The van der Waals surface area contributed by atoms with Crippen molar-refractivity contribution in [2.45, 2.75) is 6.54 Å². The zero-order chi connectivity index (χ0) is 17.4. The molecule has 0 atom stereocenters. The Morgan fingerprint density at radius 2 is 1.88 bits per heavy atom. The zero-order valence-electron chi connectivity index (χ0n) is 13.4. The minimum atomic E-state index is -0.436. The molecule has 0 saturated carbocycles. The lowest BCUT2D eigenvalue weighted by atomic mass is 10.2. The fourth-order valence-corrected chi connectivity index (χ4v) is 2.52. The van der Waals surface area contributed by atoms with Crippen molar-refractivity contribution in [1.82, 2.24) is 4.90 Å². The number of likely N-dealkylation sites (N-methyl/N-ethyl adjacent to an activating group) is 1. The molecule has 0 aliphatic rings. The normalized spacial score (nSPS) is 10.7. The Labute approximate surface area is 151 Å². The van der Waals surface area contributed by atoms with Gasteiger partial charge < -0.3 is 9.47 Å². The summed E-state index contributed by atoms with van der Waals surface area (Å²) in [6.45, 7) is 1.56. The second-order valence-corrected chi connectivity index (χ2v) is 6.15. The van der Waals surface area contributed by atoms with Gasteiger partial charge in [-0.1, -0.05) is 53.5 Å². The average molecular weight is 368 g/mol. The molecule has 2 rings (SSSR count). The van der Waals surface area contributed by atoms with E-state index >= 15 is 0 Å². The summed E-state index contributed by atoms with van der Waals surface area (Å²) in [6, 6.07) is 14.9. The van der Waals surface area contributed by atoms with Gasteiger partial charge in [0.1, 0.15) is 12.4 Å². The first kappa shape index (κ1) is 18.6. The van der Waals surface area contributed by atoms with Gasteiger partial charge in [-0.3, -0.25) is 4.90 Å². The molecule has 0 amide bonds. The number of hydrogen-bond acceptors (Lipinski definition) is 4. The zero-order valence-corrected chi connectivity index (χ0v) is 14.9. The molecule has 0 saturated heterocycles. The van der Waals surface area contributed by atoms with Crippen LogP contribution in [0.1, 0.15) is 5.56 Å². The van der Waals surface area contributed by atoms with Crippen molar-refractivity contribution in [3.05, 3.63) is 64.1 Å². The topological polar surface area (TPSA) is 38.8 Å². The Morgan fingerprint density at radius 1 is 1.12 bits per heavy atom. The summed E-state index contributed by atoms with van der Waals surface area (Å²) in [4.78, 5) is 13.8. The van der Waals surface area contributed by atoms with E-state index in [1.165, 1.54) is 5.56 Å². The number of hydrogen-bond donors (Lipinski definition) is 0. The third kappa shape index (κ3) is 6.40. The molecule has 4 nitrogen and oxygen atoms in total. The van der Waals surface area contributed by atoms with Gasteiger partial charge >= 0.3 is 5.97 Å². The molecule has 0 aromatic heterocycles. The van der Waals surface area contributed by atoms with Crippen LogP contribution < -0.4 is 4.74 Å². The van der Waals surface area contributed by atoms with E-state index in [0.29, 0.717) is 28.9 Å². The van der Waals surface area contributed by atoms with Gasteiger partial charge in [-0.15, -0.1) is 0 Å². The molecule has 128 valence electrons. The molecule has 0 radical (unpaired) electrons. The quantitative estimate of drug-likeness (QED) is 0.659. The molecule has 0 spiro atoms. The van der Waals surface area contributed by atoms with Crippen molar-refractivity contribution < 1.29 is 14.3 Å². The molecule has 0 fully saturated rings. The van der Waals surface area contributed by atoms with Crippen LogP contribution in [0.4, 0.5) is 0 Å². The maximum Gasteiger partial charge on any atom is 0.344 e. The number of benzene rings is 2. The summed E-state index contributed by atoms with van der Waals surface area (Å²) in [5.41, 5.74) is 1.21. The highest BCUT2D eigenvalue weighted by Gasteiger charge is 2.08. The molecule has 0 N–H and O–H groups in total. The van der Waals surface area contributed by atoms with Crippen molar-refractivity contribution in [1.29, 1.82) is 0 Å². The summed E-state index contributed by atoms with van der Waals surface area (Å²) >= 11 is 11.8. The van der Waals surface area contributed by atoms with Crippen molar-refractivity contribution >= 4 is 29.2 Å². The summed E-state index contributed by atoms with van der Waals surface area (Å²) in [6.07, 6.45) is 0. The van der Waals surface area contributed by atoms with Crippen molar-refractivity contribution in [2.75, 3.05) is 26.8 Å². The highest BCUT2D eigenvalue weighted by Crippen LogP contribution is 2.27. The first-order valence-electron chi connectivity index (χ1n) is 7.50. The van der Waals surface area contributed by atoms with Gasteiger partial charge in [-0.25, -0.2) is 4.79 Å². The molecule has 0 aliphatic heterocycles. The molecule has 0 unspecified atom stereocenters. The largest absolute Gasteiger partial charge is 0.480 e. The Kier molecular flexibility index (Phi) is 7.37. The van der Waals surface area contributed by atoms with E-state index in [1.54, 1.807) is 18.2 Å². The predicted molar refractivity (Wildman–Crippen MR) is 95.7 cm³/mol. The van der Waals surface area contributed by atoms with Gasteiger partial charge in [0.25, 0.3) is 0 Å². The van der Waals surface area contributed by atoms with Gasteiger partial charge in [0, 0.05) is 18.1 Å². The van der Waals surface area contributed by atoms with Crippen LogP contribution in [0.15, 0.2) is 48.5 Å². The predicted octanol–water partition coefficient (Wildman–Crippen LogP) is 4.05. The minimum absolute atomic E-state index is 0.191. The highest BCUT2D eigenvalue weighted by atomic mass is 35.5. The number of nitrogens with zero attached hydrogens (tertiary/aromatic N) is 1. The van der Waals surface area contributed by atoms with Crippen LogP contribution in [-0.2, 0) is 16.1 Å². The first-order valence-corrected chi connectivity index (χ1v) is 8.26. The average Bonchev–Trinajstić information content (AvgIpc) is 2.55. The van der Waals surface area contributed by atoms with Crippen LogP contribution in [-0.4, -0.2) is 37.7 Å². The summed E-state index contributed by atoms with van der Waals surface area (Å²) in [5.74, 6) is -0.0339. The third-order valence-corrected chi connectivity index (χ3v) is 3.80. The van der Waals surface area contributed by atoms with E-state index in [4.69, 9.17) is 32.7 Å². The van der Waals surface area contributed by atoms with Crippen LogP contribution in [0.5, 0.6) is 5.75 Å². The molecule has 0 aliphatic carbocycles. The Bertz CT molecular complexity index is 665. The fraction of sp³-hybridized carbons (Fsp3) is 0.278. The first-order chi connectivity index (χ1) is 11.5. The maximum absolute atomic E-state index is 11.7. The van der Waals surface area contributed by atoms with Crippen LogP contribution in [0.3, 0.4) is 0 Å². The second kappa shape index (κ2) is 9.52. The maximum atomic E-state index is 11.7. The van der Waals surface area contributed by atoms with Gasteiger partial charge in [0.15, 0.2) is 6.61 Å². The number of ether oxygens (including phenoxy) is 2. The van der Waals surface area contributed by atoms with E-state index in [1.807, 2.05) is 25.2 Å². The number of carbonyl (C=O) groups excluding carboxylic acids is 1. The SMILES string of the molecule is CN(CCOC(=O)COc1ccc(Cl)cc1Cl)Cc1ccccc1. The molecule has 2 aromatic carbocycles. The Hall–Kier alpha value is -1.75. The van der Waals surface area contributed by atoms with E-state index in [-0.39, 0.29) is 6.61 Å². The Balaban J connectivity index is 1.66.